The van der Waals surface area contributed by atoms with Crippen LogP contribution < -0.4 is 0 Å². The zero-order valence-corrected chi connectivity index (χ0v) is 10.0. The van der Waals surface area contributed by atoms with Crippen LogP contribution in [0.2, 0.25) is 0 Å². The third-order valence-electron chi connectivity index (χ3n) is 1.61. The van der Waals surface area contributed by atoms with E-state index in [1.807, 2.05) is 32.3 Å². The molecule has 0 radical (unpaired) electrons. The van der Waals surface area contributed by atoms with Gasteiger partial charge in [0.1, 0.15) is 0 Å². The zero-order valence-electron chi connectivity index (χ0n) is 8.38. The molecule has 1 rings (SSSR count). The number of nitrogens with zero attached hydrogens (tertiary/aromatic N) is 2. The lowest BCUT2D eigenvalue weighted by Gasteiger charge is -2.15. The Bertz CT molecular complexity index is 275. The van der Waals surface area contributed by atoms with Crippen molar-refractivity contribution in [1.29, 1.82) is 0 Å². The summed E-state index contributed by atoms with van der Waals surface area (Å²) in [7, 11) is 4.09. The van der Waals surface area contributed by atoms with Crippen LogP contribution >= 0.6 is 24.0 Å². The maximum Gasteiger partial charge on any atom is 0.0966 e. The number of rotatable bonds is 5. The smallest absolute Gasteiger partial charge is 0.0966 e. The van der Waals surface area contributed by atoms with Crippen molar-refractivity contribution in [3.8, 4) is 0 Å². The topological polar surface area (TPSA) is 16.1 Å². The number of pyridine rings is 1. The molecule has 0 aliphatic carbocycles. The molecule has 4 heteroatoms. The van der Waals surface area contributed by atoms with E-state index in [1.54, 1.807) is 23.3 Å². The fourth-order valence-electron chi connectivity index (χ4n) is 1.04. The normalized spacial score (nSPS) is 12.8. The minimum absolute atomic E-state index is 0.329. The van der Waals surface area contributed by atoms with E-state index < -0.39 is 0 Å². The molecule has 1 heterocycles. The molecular weight excluding hydrogens is 212 g/mol. The molecule has 0 spiro atoms. The molecule has 0 aliphatic heterocycles. The van der Waals surface area contributed by atoms with Gasteiger partial charge in [0, 0.05) is 12.7 Å². The predicted molar refractivity (Wildman–Crippen MR) is 66.1 cm³/mol. The van der Waals surface area contributed by atoms with E-state index in [0.717, 1.165) is 11.6 Å². The first-order valence-corrected chi connectivity index (χ1v) is 5.75. The second-order valence-electron chi connectivity index (χ2n) is 3.22. The molecule has 0 bridgehead atoms. The largest absolute Gasteiger partial charge is 0.308 e. The minimum Gasteiger partial charge on any atom is -0.308 e. The Morgan fingerprint density at radius 2 is 2.36 bits per heavy atom. The van der Waals surface area contributed by atoms with Gasteiger partial charge in [0.25, 0.3) is 0 Å². The second kappa shape index (κ2) is 6.11. The summed E-state index contributed by atoms with van der Waals surface area (Å²) in [5, 5.41) is 3.16. The van der Waals surface area contributed by atoms with Crippen molar-refractivity contribution < 1.29 is 0 Å². The molecule has 0 saturated heterocycles. The summed E-state index contributed by atoms with van der Waals surface area (Å²) in [5.41, 5.74) is 0. The molecule has 0 amide bonds. The number of aromatic nitrogens is 1. The van der Waals surface area contributed by atoms with Gasteiger partial charge >= 0.3 is 0 Å². The first-order chi connectivity index (χ1) is 6.72. The van der Waals surface area contributed by atoms with Crippen LogP contribution in [0.25, 0.3) is 0 Å². The Hall–Kier alpha value is -0.450. The molecule has 76 valence electrons. The van der Waals surface area contributed by atoms with Gasteiger partial charge in [0.2, 0.25) is 0 Å². The van der Waals surface area contributed by atoms with Gasteiger partial charge in [-0.3, -0.25) is 0 Å². The van der Waals surface area contributed by atoms with Crippen molar-refractivity contribution in [1.82, 2.24) is 9.88 Å². The van der Waals surface area contributed by atoms with Crippen LogP contribution in [-0.2, 0) is 0 Å². The Labute approximate surface area is 94.7 Å². The van der Waals surface area contributed by atoms with Crippen molar-refractivity contribution in [3.63, 3.8) is 0 Å². The van der Waals surface area contributed by atoms with Crippen LogP contribution in [0.1, 0.15) is 0 Å². The van der Waals surface area contributed by atoms with Crippen LogP contribution in [0.5, 0.6) is 0 Å². The fourth-order valence-corrected chi connectivity index (χ4v) is 2.31. The molecule has 2 nitrogen and oxygen atoms in total. The van der Waals surface area contributed by atoms with Gasteiger partial charge in [-0.2, -0.15) is 0 Å². The highest BCUT2D eigenvalue weighted by Crippen LogP contribution is 2.19. The predicted octanol–water partition coefficient (Wildman–Crippen LogP) is 2.10. The maximum atomic E-state index is 4.99. The summed E-state index contributed by atoms with van der Waals surface area (Å²) in [4.78, 5) is 6.38. The number of hydrogen-bond donors (Lipinski definition) is 0. The summed E-state index contributed by atoms with van der Waals surface area (Å²) in [6.45, 7) is 0.949. The first-order valence-electron chi connectivity index (χ1n) is 4.40. The number of thioether (sulfide) groups is 1. The van der Waals surface area contributed by atoms with Gasteiger partial charge in [0.15, 0.2) is 0 Å². The van der Waals surface area contributed by atoms with Gasteiger partial charge < -0.3 is 4.90 Å². The van der Waals surface area contributed by atoms with Gasteiger partial charge in [-0.25, -0.2) is 4.98 Å². The summed E-state index contributed by atoms with van der Waals surface area (Å²) in [5.74, 6) is 0. The molecule has 0 N–H and O–H groups in total. The highest BCUT2D eigenvalue weighted by Gasteiger charge is 2.08. The van der Waals surface area contributed by atoms with Crippen LogP contribution in [0, 0.1) is 0 Å². The Morgan fingerprint density at radius 3 is 2.86 bits per heavy atom. The van der Waals surface area contributed by atoms with E-state index in [4.69, 9.17) is 12.2 Å². The van der Waals surface area contributed by atoms with Crippen LogP contribution in [0.15, 0.2) is 29.4 Å². The van der Waals surface area contributed by atoms with Crippen LogP contribution in [0.4, 0.5) is 0 Å². The molecule has 0 aromatic carbocycles. The molecule has 1 aromatic rings. The van der Waals surface area contributed by atoms with Gasteiger partial charge in [-0.1, -0.05) is 30.0 Å². The summed E-state index contributed by atoms with van der Waals surface area (Å²) >= 11 is 6.70. The van der Waals surface area contributed by atoms with E-state index in [2.05, 4.69) is 9.88 Å². The highest BCUT2D eigenvalue weighted by atomic mass is 32.2. The third-order valence-corrected chi connectivity index (χ3v) is 3.18. The van der Waals surface area contributed by atoms with Gasteiger partial charge in [-0.05, 0) is 31.6 Å². The highest BCUT2D eigenvalue weighted by molar-refractivity contribution is 8.01. The van der Waals surface area contributed by atoms with E-state index in [1.165, 1.54) is 0 Å². The molecule has 0 saturated carbocycles. The van der Waals surface area contributed by atoms with Crippen molar-refractivity contribution >= 4 is 29.3 Å². The second-order valence-corrected chi connectivity index (χ2v) is 4.75. The summed E-state index contributed by atoms with van der Waals surface area (Å²) in [6.07, 6.45) is 1.80. The lowest BCUT2D eigenvalue weighted by atomic mass is 10.4. The number of thiocarbonyl (C=S) groups is 1. The minimum atomic E-state index is 0.329. The van der Waals surface area contributed by atoms with E-state index in [-0.39, 0.29) is 0 Å². The van der Waals surface area contributed by atoms with Gasteiger partial charge in [0.05, 0.1) is 10.3 Å². The number of hydrogen-bond acceptors (Lipinski definition) is 4. The Kier molecular flexibility index (Phi) is 5.07. The first kappa shape index (κ1) is 11.6. The van der Waals surface area contributed by atoms with Crippen LogP contribution in [0.3, 0.4) is 0 Å². The standard InChI is InChI=1S/C10H14N2S2/c1-12(2)7-9(8-13)14-10-5-3-4-6-11-10/h3-6,8-9H,7H2,1-2H3. The van der Waals surface area contributed by atoms with Crippen LogP contribution in [-0.4, -0.2) is 41.1 Å². The molecule has 14 heavy (non-hydrogen) atoms. The third kappa shape index (κ3) is 4.17. The lowest BCUT2D eigenvalue weighted by Crippen LogP contribution is -2.24. The molecular formula is C10H14N2S2. The monoisotopic (exact) mass is 226 g/mol. The summed E-state index contributed by atoms with van der Waals surface area (Å²) < 4.78 is 0. The fraction of sp³-hybridized carbons (Fsp3) is 0.400. The molecule has 1 atom stereocenters. The van der Waals surface area contributed by atoms with E-state index in [9.17, 15) is 0 Å². The van der Waals surface area contributed by atoms with E-state index in [0.29, 0.717) is 5.25 Å². The summed E-state index contributed by atoms with van der Waals surface area (Å²) in [6, 6.07) is 5.92. The molecule has 0 fully saturated rings. The average Bonchev–Trinajstić information content (AvgIpc) is 2.17. The molecule has 0 aliphatic rings. The Balaban J connectivity index is 2.53. The van der Waals surface area contributed by atoms with Crippen molar-refractivity contribution in [2.45, 2.75) is 10.3 Å². The SMILES string of the molecule is CN(C)CC(C=S)Sc1ccccn1. The van der Waals surface area contributed by atoms with Crippen molar-refractivity contribution in [3.05, 3.63) is 24.4 Å². The van der Waals surface area contributed by atoms with E-state index >= 15 is 0 Å². The molecule has 1 unspecified atom stereocenters. The van der Waals surface area contributed by atoms with Gasteiger partial charge in [-0.15, -0.1) is 0 Å². The van der Waals surface area contributed by atoms with Crippen molar-refractivity contribution in [2.75, 3.05) is 20.6 Å². The zero-order chi connectivity index (χ0) is 10.4. The lowest BCUT2D eigenvalue weighted by molar-refractivity contribution is 0.427. The Morgan fingerprint density at radius 1 is 1.57 bits per heavy atom. The van der Waals surface area contributed by atoms with Crippen molar-refractivity contribution in [2.24, 2.45) is 0 Å². The quantitative estimate of drug-likeness (QED) is 0.564. The average molecular weight is 226 g/mol. The maximum absolute atomic E-state index is 4.99. The molecule has 1 aromatic heterocycles.